The van der Waals surface area contributed by atoms with Crippen LogP contribution in [0.2, 0.25) is 0 Å². The molecule has 0 heterocycles. The van der Waals surface area contributed by atoms with Crippen molar-refractivity contribution < 1.29 is 19.1 Å². The molecule has 0 amide bonds. The Kier molecular flexibility index (Phi) is 5.56. The van der Waals surface area contributed by atoms with E-state index >= 15 is 0 Å². The molecule has 0 saturated carbocycles. The van der Waals surface area contributed by atoms with Gasteiger partial charge in [0.1, 0.15) is 11.5 Å². The lowest BCUT2D eigenvalue weighted by Crippen LogP contribution is -2.11. The Morgan fingerprint density at radius 1 is 0.500 bits per heavy atom. The first-order valence-corrected chi connectivity index (χ1v) is 11.0. The number of ether oxygens (including phenoxy) is 2. The van der Waals surface area contributed by atoms with Crippen molar-refractivity contribution in [2.75, 3.05) is 0 Å². The lowest BCUT2D eigenvalue weighted by atomic mass is 10.0. The molecule has 0 aliphatic heterocycles. The number of fused-ring (bicyclic) bond motifs is 2. The molecule has 0 fully saturated rings. The Morgan fingerprint density at radius 3 is 1.18 bits per heavy atom. The van der Waals surface area contributed by atoms with Gasteiger partial charge in [-0.2, -0.15) is 0 Å². The van der Waals surface area contributed by atoms with Gasteiger partial charge in [-0.05, 0) is 38.1 Å². The number of carbonyl (C=O) groups excluding carboxylic acids is 2. The summed E-state index contributed by atoms with van der Waals surface area (Å²) in [6, 6.07) is 29.5. The van der Waals surface area contributed by atoms with E-state index in [0.717, 1.165) is 11.1 Å². The molecule has 0 aliphatic rings. The summed E-state index contributed by atoms with van der Waals surface area (Å²) in [4.78, 5) is 26.1. The standard InChI is InChI=1S/C30H22O4/c1-19-9-7-11-21(17-19)29(31)33-27-23-13-3-5-15-25(23)28(26-16-6-4-14-24(26)27)34-30(32)22-12-8-10-20(2)18-22/h3-18H,1-2H3. The van der Waals surface area contributed by atoms with Gasteiger partial charge in [-0.3, -0.25) is 0 Å². The maximum absolute atomic E-state index is 13.0. The minimum atomic E-state index is -0.441. The van der Waals surface area contributed by atoms with Crippen LogP contribution in [0, 0.1) is 13.8 Å². The van der Waals surface area contributed by atoms with Crippen molar-refractivity contribution in [3.63, 3.8) is 0 Å². The van der Waals surface area contributed by atoms with Crippen LogP contribution < -0.4 is 9.47 Å². The van der Waals surface area contributed by atoms with E-state index in [1.54, 1.807) is 24.3 Å². The predicted octanol–water partition coefficient (Wildman–Crippen LogP) is 7.05. The van der Waals surface area contributed by atoms with E-state index in [-0.39, 0.29) is 0 Å². The van der Waals surface area contributed by atoms with E-state index < -0.39 is 11.9 Å². The largest absolute Gasteiger partial charge is 0.422 e. The average Bonchev–Trinajstić information content (AvgIpc) is 2.85. The van der Waals surface area contributed by atoms with Gasteiger partial charge in [-0.15, -0.1) is 0 Å². The van der Waals surface area contributed by atoms with Gasteiger partial charge in [0.15, 0.2) is 0 Å². The van der Waals surface area contributed by atoms with Crippen LogP contribution in [-0.2, 0) is 0 Å². The molecule has 0 spiro atoms. The molecule has 0 atom stereocenters. The normalized spacial score (nSPS) is 10.9. The summed E-state index contributed by atoms with van der Waals surface area (Å²) in [7, 11) is 0. The lowest BCUT2D eigenvalue weighted by Gasteiger charge is -2.16. The summed E-state index contributed by atoms with van der Waals surface area (Å²) >= 11 is 0. The molecule has 166 valence electrons. The van der Waals surface area contributed by atoms with Gasteiger partial charge in [0, 0.05) is 21.5 Å². The van der Waals surface area contributed by atoms with E-state index in [9.17, 15) is 9.59 Å². The Labute approximate surface area is 197 Å². The smallest absolute Gasteiger partial charge is 0.343 e. The second kappa shape index (κ2) is 8.83. The maximum atomic E-state index is 13.0. The van der Waals surface area contributed by atoms with Crippen molar-refractivity contribution in [1.29, 1.82) is 0 Å². The fourth-order valence-electron chi connectivity index (χ4n) is 4.12. The average molecular weight is 447 g/mol. The second-order valence-electron chi connectivity index (χ2n) is 8.27. The molecule has 0 bridgehead atoms. The molecule has 4 nitrogen and oxygen atoms in total. The summed E-state index contributed by atoms with van der Waals surface area (Å²) in [6.07, 6.45) is 0. The van der Waals surface area contributed by atoms with E-state index in [1.807, 2.05) is 86.6 Å². The third kappa shape index (κ3) is 4.02. The van der Waals surface area contributed by atoms with Gasteiger partial charge in [0.05, 0.1) is 11.1 Å². The quantitative estimate of drug-likeness (QED) is 0.169. The number of benzene rings is 5. The van der Waals surface area contributed by atoms with E-state index in [4.69, 9.17) is 9.47 Å². The number of hydrogen-bond acceptors (Lipinski definition) is 4. The van der Waals surface area contributed by atoms with E-state index in [0.29, 0.717) is 44.2 Å². The summed E-state index contributed by atoms with van der Waals surface area (Å²) < 4.78 is 11.9. The van der Waals surface area contributed by atoms with Crippen molar-refractivity contribution in [3.8, 4) is 11.5 Å². The van der Waals surface area contributed by atoms with Gasteiger partial charge < -0.3 is 9.47 Å². The van der Waals surface area contributed by atoms with Crippen LogP contribution in [0.1, 0.15) is 31.8 Å². The molecular weight excluding hydrogens is 424 g/mol. The molecule has 5 rings (SSSR count). The Balaban J connectivity index is 1.65. The highest BCUT2D eigenvalue weighted by Crippen LogP contribution is 2.43. The van der Waals surface area contributed by atoms with Crippen LogP contribution in [0.3, 0.4) is 0 Å². The van der Waals surface area contributed by atoms with E-state index in [1.165, 1.54) is 0 Å². The number of carbonyl (C=O) groups is 2. The minimum Gasteiger partial charge on any atom is -0.422 e. The molecule has 5 aromatic carbocycles. The minimum absolute atomic E-state index is 0.438. The van der Waals surface area contributed by atoms with Crippen molar-refractivity contribution >= 4 is 33.5 Å². The number of hydrogen-bond donors (Lipinski definition) is 0. The summed E-state index contributed by atoms with van der Waals surface area (Å²) in [5.74, 6) is -0.00635. The third-order valence-corrected chi connectivity index (χ3v) is 5.73. The summed E-state index contributed by atoms with van der Waals surface area (Å²) in [5.41, 5.74) is 2.90. The highest BCUT2D eigenvalue weighted by molar-refractivity contribution is 6.13. The first-order valence-electron chi connectivity index (χ1n) is 11.0. The van der Waals surface area contributed by atoms with Crippen LogP contribution in [0.5, 0.6) is 11.5 Å². The second-order valence-corrected chi connectivity index (χ2v) is 8.27. The molecule has 0 saturated heterocycles. The Morgan fingerprint density at radius 2 is 0.853 bits per heavy atom. The van der Waals surface area contributed by atoms with Crippen molar-refractivity contribution in [3.05, 3.63) is 119 Å². The summed E-state index contributed by atoms with van der Waals surface area (Å²) in [5, 5.41) is 2.76. The maximum Gasteiger partial charge on any atom is 0.343 e. The summed E-state index contributed by atoms with van der Waals surface area (Å²) in [6.45, 7) is 3.86. The molecule has 0 aromatic heterocycles. The number of rotatable bonds is 4. The molecular formula is C30H22O4. The molecule has 4 heteroatoms. The third-order valence-electron chi connectivity index (χ3n) is 5.73. The van der Waals surface area contributed by atoms with Crippen molar-refractivity contribution in [2.24, 2.45) is 0 Å². The van der Waals surface area contributed by atoms with E-state index in [2.05, 4.69) is 0 Å². The van der Waals surface area contributed by atoms with Gasteiger partial charge >= 0.3 is 11.9 Å². The molecule has 0 N–H and O–H groups in total. The SMILES string of the molecule is Cc1cccc(C(=O)Oc2c3ccccc3c(OC(=O)c3cccc(C)c3)c3ccccc23)c1. The highest BCUT2D eigenvalue weighted by atomic mass is 16.5. The molecule has 34 heavy (non-hydrogen) atoms. The lowest BCUT2D eigenvalue weighted by molar-refractivity contribution is 0.0726. The van der Waals surface area contributed by atoms with Gasteiger partial charge in [0.2, 0.25) is 0 Å². The van der Waals surface area contributed by atoms with Crippen LogP contribution in [-0.4, -0.2) is 11.9 Å². The molecule has 0 aliphatic carbocycles. The molecule has 0 radical (unpaired) electrons. The highest BCUT2D eigenvalue weighted by Gasteiger charge is 2.21. The predicted molar refractivity (Wildman–Crippen MR) is 134 cm³/mol. The fourth-order valence-corrected chi connectivity index (χ4v) is 4.12. The Bertz CT molecular complexity index is 1390. The van der Waals surface area contributed by atoms with Gasteiger partial charge in [-0.25, -0.2) is 9.59 Å². The number of aryl methyl sites for hydroxylation is 2. The van der Waals surface area contributed by atoms with Crippen molar-refractivity contribution in [1.82, 2.24) is 0 Å². The van der Waals surface area contributed by atoms with Crippen molar-refractivity contribution in [2.45, 2.75) is 13.8 Å². The monoisotopic (exact) mass is 446 g/mol. The zero-order valence-electron chi connectivity index (χ0n) is 18.9. The van der Waals surface area contributed by atoms with Crippen LogP contribution >= 0.6 is 0 Å². The van der Waals surface area contributed by atoms with Crippen LogP contribution in [0.25, 0.3) is 21.5 Å². The Hall–Kier alpha value is -4.44. The first kappa shape index (κ1) is 21.4. The zero-order valence-corrected chi connectivity index (χ0v) is 18.9. The van der Waals surface area contributed by atoms with Gasteiger partial charge in [-0.1, -0.05) is 83.9 Å². The van der Waals surface area contributed by atoms with Crippen LogP contribution in [0.4, 0.5) is 0 Å². The first-order chi connectivity index (χ1) is 16.5. The van der Waals surface area contributed by atoms with Crippen LogP contribution in [0.15, 0.2) is 97.1 Å². The van der Waals surface area contributed by atoms with Gasteiger partial charge in [0.25, 0.3) is 0 Å². The number of esters is 2. The fraction of sp³-hybridized carbons (Fsp3) is 0.0667. The topological polar surface area (TPSA) is 52.6 Å². The molecule has 0 unspecified atom stereocenters. The molecule has 5 aromatic rings. The zero-order chi connectivity index (χ0) is 23.7.